The standard InChI is InChI=1S/C18H17ClN2O2/c1-12-2-8-15(9-3-12)20-16-10-17(22)21(18(16)23)11-13-4-6-14(19)7-5-13/h2-9,16,20H,10-11H2,1H3/t16-/m0/s1. The molecule has 0 aliphatic carbocycles. The average molecular weight is 329 g/mol. The smallest absolute Gasteiger partial charge is 0.252 e. The van der Waals surface area contributed by atoms with E-state index in [0.29, 0.717) is 5.02 Å². The fourth-order valence-corrected chi connectivity index (χ4v) is 2.71. The first kappa shape index (κ1) is 15.6. The first-order valence-corrected chi connectivity index (χ1v) is 7.82. The van der Waals surface area contributed by atoms with E-state index >= 15 is 0 Å². The van der Waals surface area contributed by atoms with Gasteiger partial charge in [0.15, 0.2) is 0 Å². The molecule has 0 saturated carbocycles. The molecule has 1 saturated heterocycles. The number of benzene rings is 2. The Bertz CT molecular complexity index is 726. The van der Waals surface area contributed by atoms with Gasteiger partial charge in [0.05, 0.1) is 13.0 Å². The van der Waals surface area contributed by atoms with Crippen molar-refractivity contribution < 1.29 is 9.59 Å². The number of halogens is 1. The van der Waals surface area contributed by atoms with Gasteiger partial charge in [-0.05, 0) is 36.8 Å². The van der Waals surface area contributed by atoms with E-state index in [2.05, 4.69) is 5.32 Å². The Hall–Kier alpha value is -2.33. The first-order chi connectivity index (χ1) is 11.0. The normalized spacial score (nSPS) is 17.7. The molecule has 1 aliphatic rings. The molecule has 1 N–H and O–H groups in total. The van der Waals surface area contributed by atoms with E-state index in [1.165, 1.54) is 4.90 Å². The van der Waals surface area contributed by atoms with Gasteiger partial charge in [0, 0.05) is 10.7 Å². The van der Waals surface area contributed by atoms with Gasteiger partial charge in [-0.15, -0.1) is 0 Å². The third-order valence-electron chi connectivity index (χ3n) is 3.89. The van der Waals surface area contributed by atoms with Crippen molar-refractivity contribution >= 4 is 29.1 Å². The molecule has 1 fully saturated rings. The van der Waals surface area contributed by atoms with Crippen LogP contribution in [0.2, 0.25) is 5.02 Å². The topological polar surface area (TPSA) is 49.4 Å². The van der Waals surface area contributed by atoms with Gasteiger partial charge in [0.1, 0.15) is 6.04 Å². The molecule has 1 aliphatic heterocycles. The monoisotopic (exact) mass is 328 g/mol. The van der Waals surface area contributed by atoms with Crippen LogP contribution < -0.4 is 5.32 Å². The van der Waals surface area contributed by atoms with Crippen LogP contribution in [0.1, 0.15) is 17.5 Å². The molecule has 23 heavy (non-hydrogen) atoms. The molecule has 0 unspecified atom stereocenters. The third kappa shape index (κ3) is 3.54. The lowest BCUT2D eigenvalue weighted by Crippen LogP contribution is -2.34. The number of nitrogens with zero attached hydrogens (tertiary/aromatic N) is 1. The molecule has 1 heterocycles. The number of amides is 2. The summed E-state index contributed by atoms with van der Waals surface area (Å²) in [7, 11) is 0. The fourth-order valence-electron chi connectivity index (χ4n) is 2.59. The molecule has 1 atom stereocenters. The van der Waals surface area contributed by atoms with Gasteiger partial charge < -0.3 is 5.32 Å². The van der Waals surface area contributed by atoms with Crippen LogP contribution in [0.3, 0.4) is 0 Å². The minimum atomic E-state index is -0.502. The van der Waals surface area contributed by atoms with Crippen molar-refractivity contribution in [2.45, 2.75) is 25.9 Å². The molecule has 118 valence electrons. The van der Waals surface area contributed by atoms with Crippen molar-refractivity contribution in [3.8, 4) is 0 Å². The summed E-state index contributed by atoms with van der Waals surface area (Å²) in [5.74, 6) is -0.347. The fraction of sp³-hybridized carbons (Fsp3) is 0.222. The van der Waals surface area contributed by atoms with Crippen LogP contribution in [0.15, 0.2) is 48.5 Å². The molecule has 2 aromatic rings. The summed E-state index contributed by atoms with van der Waals surface area (Å²) in [4.78, 5) is 25.9. The second kappa shape index (κ2) is 6.42. The predicted octanol–water partition coefficient (Wildman–Crippen LogP) is 3.39. The Labute approximate surface area is 140 Å². The Morgan fingerprint density at radius 1 is 1.09 bits per heavy atom. The lowest BCUT2D eigenvalue weighted by molar-refractivity contribution is -0.139. The van der Waals surface area contributed by atoms with E-state index in [0.717, 1.165) is 16.8 Å². The van der Waals surface area contributed by atoms with E-state index in [1.807, 2.05) is 43.3 Å². The number of anilines is 1. The van der Waals surface area contributed by atoms with Crippen LogP contribution in [0.4, 0.5) is 5.69 Å². The minimum absolute atomic E-state index is 0.158. The second-order valence-corrected chi connectivity index (χ2v) is 6.15. The number of likely N-dealkylation sites (tertiary alicyclic amines) is 1. The number of rotatable bonds is 4. The number of imide groups is 1. The zero-order chi connectivity index (χ0) is 16.4. The molecule has 2 aromatic carbocycles. The van der Waals surface area contributed by atoms with Crippen LogP contribution in [0, 0.1) is 6.92 Å². The van der Waals surface area contributed by atoms with Gasteiger partial charge in [-0.1, -0.05) is 41.4 Å². The van der Waals surface area contributed by atoms with E-state index in [-0.39, 0.29) is 24.8 Å². The lowest BCUT2D eigenvalue weighted by atomic mass is 10.2. The van der Waals surface area contributed by atoms with Gasteiger partial charge >= 0.3 is 0 Å². The van der Waals surface area contributed by atoms with Gasteiger partial charge in [-0.25, -0.2) is 0 Å². The largest absolute Gasteiger partial charge is 0.373 e. The number of carbonyl (C=O) groups is 2. The average Bonchev–Trinajstić information content (AvgIpc) is 2.79. The molecule has 0 aromatic heterocycles. The molecular formula is C18H17ClN2O2. The van der Waals surface area contributed by atoms with Crippen LogP contribution in [-0.4, -0.2) is 22.8 Å². The number of nitrogens with one attached hydrogen (secondary N) is 1. The predicted molar refractivity (Wildman–Crippen MR) is 90.2 cm³/mol. The Balaban J connectivity index is 1.69. The Morgan fingerprint density at radius 2 is 1.74 bits per heavy atom. The molecular weight excluding hydrogens is 312 g/mol. The van der Waals surface area contributed by atoms with Crippen molar-refractivity contribution in [1.82, 2.24) is 4.90 Å². The summed E-state index contributed by atoms with van der Waals surface area (Å²) in [6.07, 6.45) is 0.181. The summed E-state index contributed by atoms with van der Waals surface area (Å²) in [5.41, 5.74) is 2.87. The highest BCUT2D eigenvalue weighted by Crippen LogP contribution is 2.21. The minimum Gasteiger partial charge on any atom is -0.373 e. The zero-order valence-corrected chi connectivity index (χ0v) is 13.5. The molecule has 0 spiro atoms. The lowest BCUT2D eigenvalue weighted by Gasteiger charge is -2.16. The molecule has 0 radical (unpaired) electrons. The molecule has 2 amide bonds. The first-order valence-electron chi connectivity index (χ1n) is 7.45. The third-order valence-corrected chi connectivity index (χ3v) is 4.14. The van der Waals surface area contributed by atoms with Crippen LogP contribution in [0.25, 0.3) is 0 Å². The maximum absolute atomic E-state index is 12.5. The SMILES string of the molecule is Cc1ccc(N[C@H]2CC(=O)N(Cc3ccc(Cl)cc3)C2=O)cc1. The van der Waals surface area contributed by atoms with Crippen molar-refractivity contribution in [2.75, 3.05) is 5.32 Å². The van der Waals surface area contributed by atoms with Gasteiger partial charge in [0.25, 0.3) is 5.91 Å². The van der Waals surface area contributed by atoms with E-state index in [9.17, 15) is 9.59 Å². The zero-order valence-electron chi connectivity index (χ0n) is 12.8. The van der Waals surface area contributed by atoms with E-state index in [4.69, 9.17) is 11.6 Å². The van der Waals surface area contributed by atoms with Gasteiger partial charge in [-0.3, -0.25) is 14.5 Å². The van der Waals surface area contributed by atoms with Crippen molar-refractivity contribution in [1.29, 1.82) is 0 Å². The number of aryl methyl sites for hydroxylation is 1. The molecule has 0 bridgehead atoms. The highest BCUT2D eigenvalue weighted by molar-refractivity contribution is 6.30. The highest BCUT2D eigenvalue weighted by atomic mass is 35.5. The number of hydrogen-bond donors (Lipinski definition) is 1. The quantitative estimate of drug-likeness (QED) is 0.875. The summed E-state index contributed by atoms with van der Waals surface area (Å²) in [6, 6.07) is 14.4. The number of hydrogen-bond acceptors (Lipinski definition) is 3. The van der Waals surface area contributed by atoms with Crippen LogP contribution >= 0.6 is 11.6 Å². The molecule has 5 heteroatoms. The van der Waals surface area contributed by atoms with Crippen LogP contribution in [0.5, 0.6) is 0 Å². The summed E-state index contributed by atoms with van der Waals surface area (Å²) < 4.78 is 0. The Morgan fingerprint density at radius 3 is 2.39 bits per heavy atom. The van der Waals surface area contributed by atoms with E-state index < -0.39 is 6.04 Å². The molecule has 4 nitrogen and oxygen atoms in total. The van der Waals surface area contributed by atoms with Crippen molar-refractivity contribution in [2.24, 2.45) is 0 Å². The highest BCUT2D eigenvalue weighted by Gasteiger charge is 2.38. The van der Waals surface area contributed by atoms with Crippen molar-refractivity contribution in [3.63, 3.8) is 0 Å². The summed E-state index contributed by atoms with van der Waals surface area (Å²) in [5, 5.41) is 3.77. The van der Waals surface area contributed by atoms with Gasteiger partial charge in [-0.2, -0.15) is 0 Å². The number of carbonyl (C=O) groups excluding carboxylic acids is 2. The summed E-state index contributed by atoms with van der Waals surface area (Å²) >= 11 is 5.85. The summed E-state index contributed by atoms with van der Waals surface area (Å²) in [6.45, 7) is 2.28. The molecule has 3 rings (SSSR count). The second-order valence-electron chi connectivity index (χ2n) is 5.71. The Kier molecular flexibility index (Phi) is 4.35. The van der Waals surface area contributed by atoms with Crippen molar-refractivity contribution in [3.05, 3.63) is 64.7 Å². The maximum atomic E-state index is 12.5. The maximum Gasteiger partial charge on any atom is 0.252 e. The van der Waals surface area contributed by atoms with Crippen LogP contribution in [-0.2, 0) is 16.1 Å². The van der Waals surface area contributed by atoms with Gasteiger partial charge in [0.2, 0.25) is 5.91 Å². The van der Waals surface area contributed by atoms with E-state index in [1.54, 1.807) is 12.1 Å².